The topological polar surface area (TPSA) is 47.6 Å². The number of ether oxygens (including phenoxy) is 2. The molecule has 0 fully saturated rings. The number of hydrogen-bond acceptors (Lipinski definition) is 3. The predicted octanol–water partition coefficient (Wildman–Crippen LogP) is 5.54. The van der Waals surface area contributed by atoms with Crippen LogP contribution in [0.25, 0.3) is 0 Å². The maximum Gasteiger partial charge on any atom is 0.265 e. The van der Waals surface area contributed by atoms with Gasteiger partial charge in [0, 0.05) is 5.02 Å². The Bertz CT molecular complexity index is 883. The van der Waals surface area contributed by atoms with Gasteiger partial charge < -0.3 is 14.8 Å². The molecule has 0 spiro atoms. The van der Waals surface area contributed by atoms with Crippen molar-refractivity contribution in [2.75, 3.05) is 5.32 Å². The molecule has 132 valence electrons. The number of benzene rings is 3. The molecule has 1 N–H and O–H groups in total. The summed E-state index contributed by atoms with van der Waals surface area (Å²) < 4.78 is 11.5. The second-order valence-electron chi connectivity index (χ2n) is 5.62. The van der Waals surface area contributed by atoms with E-state index in [0.29, 0.717) is 28.0 Å². The van der Waals surface area contributed by atoms with Gasteiger partial charge in [0.25, 0.3) is 5.91 Å². The third kappa shape index (κ3) is 4.77. The molecule has 0 aliphatic rings. The molecule has 3 rings (SSSR count). The third-order valence-electron chi connectivity index (χ3n) is 3.59. The summed E-state index contributed by atoms with van der Waals surface area (Å²) in [6, 6.07) is 23.6. The first kappa shape index (κ1) is 17.8. The van der Waals surface area contributed by atoms with E-state index in [1.165, 1.54) is 0 Å². The summed E-state index contributed by atoms with van der Waals surface area (Å²) in [6.07, 6.45) is -0.696. The fourth-order valence-corrected chi connectivity index (χ4v) is 2.49. The van der Waals surface area contributed by atoms with E-state index in [9.17, 15) is 4.79 Å². The van der Waals surface area contributed by atoms with E-state index in [0.717, 1.165) is 0 Å². The number of anilines is 1. The Balaban J connectivity index is 1.69. The molecule has 3 aromatic rings. The van der Waals surface area contributed by atoms with E-state index in [1.807, 2.05) is 42.5 Å². The lowest BCUT2D eigenvalue weighted by Gasteiger charge is -2.17. The van der Waals surface area contributed by atoms with Crippen molar-refractivity contribution in [2.24, 2.45) is 0 Å². The average Bonchev–Trinajstić information content (AvgIpc) is 2.64. The molecule has 0 saturated carbocycles. The molecular formula is C21H18ClNO3. The Hall–Kier alpha value is -2.98. The highest BCUT2D eigenvalue weighted by molar-refractivity contribution is 6.30. The molecule has 0 aliphatic carbocycles. The zero-order valence-corrected chi connectivity index (χ0v) is 14.9. The zero-order chi connectivity index (χ0) is 18.4. The summed E-state index contributed by atoms with van der Waals surface area (Å²) in [6.45, 7) is 1.68. The van der Waals surface area contributed by atoms with Crippen LogP contribution in [0.3, 0.4) is 0 Å². The van der Waals surface area contributed by atoms with E-state index >= 15 is 0 Å². The van der Waals surface area contributed by atoms with Crippen molar-refractivity contribution < 1.29 is 14.3 Å². The lowest BCUT2D eigenvalue weighted by Crippen LogP contribution is -2.30. The number of amides is 1. The van der Waals surface area contributed by atoms with E-state index < -0.39 is 6.10 Å². The molecule has 0 aromatic heterocycles. The Kier molecular flexibility index (Phi) is 5.77. The minimum absolute atomic E-state index is 0.283. The third-order valence-corrected chi connectivity index (χ3v) is 3.83. The van der Waals surface area contributed by atoms with Crippen LogP contribution in [0.4, 0.5) is 5.69 Å². The van der Waals surface area contributed by atoms with Gasteiger partial charge in [-0.1, -0.05) is 48.0 Å². The Morgan fingerprint density at radius 1 is 0.923 bits per heavy atom. The lowest BCUT2D eigenvalue weighted by atomic mass is 10.2. The Morgan fingerprint density at radius 3 is 2.38 bits per heavy atom. The van der Waals surface area contributed by atoms with E-state index in [-0.39, 0.29) is 5.91 Å². The lowest BCUT2D eigenvalue weighted by molar-refractivity contribution is -0.122. The van der Waals surface area contributed by atoms with E-state index in [4.69, 9.17) is 21.1 Å². The molecule has 26 heavy (non-hydrogen) atoms. The van der Waals surface area contributed by atoms with Crippen LogP contribution in [0.2, 0.25) is 5.02 Å². The number of rotatable bonds is 6. The normalized spacial score (nSPS) is 11.5. The molecule has 1 atom stereocenters. The fourth-order valence-electron chi connectivity index (χ4n) is 2.31. The van der Waals surface area contributed by atoms with Crippen LogP contribution in [-0.4, -0.2) is 12.0 Å². The monoisotopic (exact) mass is 367 g/mol. The Labute approximate surface area is 157 Å². The number of carbonyl (C=O) groups is 1. The van der Waals surface area contributed by atoms with Gasteiger partial charge in [-0.3, -0.25) is 4.79 Å². The number of hydrogen-bond donors (Lipinski definition) is 1. The predicted molar refractivity (Wildman–Crippen MR) is 103 cm³/mol. The highest BCUT2D eigenvalue weighted by Gasteiger charge is 2.17. The van der Waals surface area contributed by atoms with Crippen molar-refractivity contribution in [2.45, 2.75) is 13.0 Å². The van der Waals surface area contributed by atoms with Crippen LogP contribution in [-0.2, 0) is 4.79 Å². The SMILES string of the molecule is C[C@@H](Oc1cccc(Cl)c1)C(=O)Nc1ccccc1Oc1ccccc1. The van der Waals surface area contributed by atoms with Crippen LogP contribution in [0.15, 0.2) is 78.9 Å². The summed E-state index contributed by atoms with van der Waals surface area (Å²) in [5, 5.41) is 3.40. The van der Waals surface area contributed by atoms with Crippen LogP contribution in [0.5, 0.6) is 17.2 Å². The summed E-state index contributed by atoms with van der Waals surface area (Å²) in [5.41, 5.74) is 0.572. The van der Waals surface area contributed by atoms with Crippen molar-refractivity contribution in [3.8, 4) is 17.2 Å². The smallest absolute Gasteiger partial charge is 0.265 e. The summed E-state index contributed by atoms with van der Waals surface area (Å²) >= 11 is 5.94. The zero-order valence-electron chi connectivity index (χ0n) is 14.2. The van der Waals surface area contributed by atoms with Gasteiger partial charge in [0.2, 0.25) is 0 Å². The minimum Gasteiger partial charge on any atom is -0.481 e. The largest absolute Gasteiger partial charge is 0.481 e. The van der Waals surface area contributed by atoms with Crippen molar-refractivity contribution in [1.29, 1.82) is 0 Å². The molecular weight excluding hydrogens is 350 g/mol. The van der Waals surface area contributed by atoms with Crippen LogP contribution < -0.4 is 14.8 Å². The highest BCUT2D eigenvalue weighted by atomic mass is 35.5. The van der Waals surface area contributed by atoms with Gasteiger partial charge in [0.15, 0.2) is 11.9 Å². The molecule has 0 aliphatic heterocycles. The first-order valence-corrected chi connectivity index (χ1v) is 8.54. The van der Waals surface area contributed by atoms with Gasteiger partial charge in [-0.05, 0) is 49.4 Å². The van der Waals surface area contributed by atoms with Crippen LogP contribution >= 0.6 is 11.6 Å². The highest BCUT2D eigenvalue weighted by Crippen LogP contribution is 2.29. The van der Waals surface area contributed by atoms with Gasteiger partial charge in [0.1, 0.15) is 11.5 Å². The van der Waals surface area contributed by atoms with Crippen molar-refractivity contribution in [3.05, 3.63) is 83.9 Å². The molecule has 4 nitrogen and oxygen atoms in total. The quantitative estimate of drug-likeness (QED) is 0.622. The number of halogens is 1. The number of para-hydroxylation sites is 3. The minimum atomic E-state index is -0.696. The maximum absolute atomic E-state index is 12.5. The number of carbonyl (C=O) groups excluding carboxylic acids is 1. The van der Waals surface area contributed by atoms with Crippen molar-refractivity contribution in [1.82, 2.24) is 0 Å². The van der Waals surface area contributed by atoms with E-state index in [1.54, 1.807) is 43.3 Å². The molecule has 1 amide bonds. The van der Waals surface area contributed by atoms with Gasteiger partial charge in [0.05, 0.1) is 5.69 Å². The maximum atomic E-state index is 12.5. The average molecular weight is 368 g/mol. The summed E-state index contributed by atoms with van der Waals surface area (Å²) in [4.78, 5) is 12.5. The molecule has 5 heteroatoms. The van der Waals surface area contributed by atoms with Gasteiger partial charge in [-0.25, -0.2) is 0 Å². The summed E-state index contributed by atoms with van der Waals surface area (Å²) in [5.74, 6) is 1.50. The van der Waals surface area contributed by atoms with E-state index in [2.05, 4.69) is 5.32 Å². The molecule has 3 aromatic carbocycles. The second kappa shape index (κ2) is 8.41. The first-order chi connectivity index (χ1) is 12.6. The first-order valence-electron chi connectivity index (χ1n) is 8.17. The molecule has 0 unspecified atom stereocenters. The van der Waals surface area contributed by atoms with Crippen LogP contribution in [0, 0.1) is 0 Å². The molecule has 0 bridgehead atoms. The van der Waals surface area contributed by atoms with Gasteiger partial charge >= 0.3 is 0 Å². The molecule has 0 radical (unpaired) electrons. The fraction of sp³-hybridized carbons (Fsp3) is 0.0952. The van der Waals surface area contributed by atoms with Gasteiger partial charge in [-0.2, -0.15) is 0 Å². The molecule has 0 saturated heterocycles. The standard InChI is InChI=1S/C21H18ClNO3/c1-15(25-18-11-7-8-16(22)14-18)21(24)23-19-12-5-6-13-20(19)26-17-9-3-2-4-10-17/h2-15H,1H3,(H,23,24)/t15-/m1/s1. The second-order valence-corrected chi connectivity index (χ2v) is 6.05. The van der Waals surface area contributed by atoms with Crippen LogP contribution in [0.1, 0.15) is 6.92 Å². The Morgan fingerprint density at radius 2 is 1.62 bits per heavy atom. The molecule has 0 heterocycles. The number of nitrogens with one attached hydrogen (secondary N) is 1. The summed E-state index contributed by atoms with van der Waals surface area (Å²) in [7, 11) is 0. The van der Waals surface area contributed by atoms with Crippen molar-refractivity contribution >= 4 is 23.2 Å². The van der Waals surface area contributed by atoms with Gasteiger partial charge in [-0.15, -0.1) is 0 Å². The van der Waals surface area contributed by atoms with Crippen molar-refractivity contribution in [3.63, 3.8) is 0 Å².